The minimum absolute atomic E-state index is 0.0294. The van der Waals surface area contributed by atoms with Gasteiger partial charge in [0.1, 0.15) is 18.5 Å². The lowest BCUT2D eigenvalue weighted by atomic mass is 10.4. The van der Waals surface area contributed by atoms with Gasteiger partial charge in [0.25, 0.3) is 0 Å². The van der Waals surface area contributed by atoms with E-state index in [0.29, 0.717) is 5.82 Å². The van der Waals surface area contributed by atoms with Gasteiger partial charge in [0, 0.05) is 11.9 Å². The molecule has 1 unspecified atom stereocenters. The molecule has 1 rings (SSSR count). The van der Waals surface area contributed by atoms with Crippen molar-refractivity contribution in [2.24, 2.45) is 0 Å². The zero-order valence-electron chi connectivity index (χ0n) is 9.08. The summed E-state index contributed by atoms with van der Waals surface area (Å²) in [6.45, 7) is -0.373. The lowest BCUT2D eigenvalue weighted by Gasteiger charge is -2.09. The van der Waals surface area contributed by atoms with Crippen LogP contribution in [0.15, 0.2) is 29.0 Å². The van der Waals surface area contributed by atoms with Crippen molar-refractivity contribution < 1.29 is 24.3 Å². The predicted molar refractivity (Wildman–Crippen MR) is 61.5 cm³/mol. The topological polar surface area (TPSA) is 148 Å². The largest absolute Gasteiger partial charge is 0.406 e. The fourth-order valence-corrected chi connectivity index (χ4v) is 1.35. The Balaban J connectivity index is 2.58. The van der Waals surface area contributed by atoms with Crippen LogP contribution in [0.1, 0.15) is 0 Å². The van der Waals surface area contributed by atoms with Crippen LogP contribution in [0.3, 0.4) is 0 Å². The average Bonchev–Trinajstić information content (AvgIpc) is 2.24. The molecule has 0 saturated carbocycles. The van der Waals surface area contributed by atoms with Gasteiger partial charge in [-0.2, -0.15) is 4.98 Å². The first kappa shape index (κ1) is 14.4. The first-order valence-electron chi connectivity index (χ1n) is 4.69. The molecule has 9 nitrogen and oxygen atoms in total. The normalized spacial score (nSPS) is 13.7. The molecule has 0 amide bonds. The van der Waals surface area contributed by atoms with Crippen LogP contribution in [0.25, 0.3) is 0 Å². The zero-order chi connectivity index (χ0) is 13.8. The van der Waals surface area contributed by atoms with E-state index in [1.165, 1.54) is 12.3 Å². The second kappa shape index (κ2) is 5.78. The van der Waals surface area contributed by atoms with Crippen molar-refractivity contribution in [1.29, 1.82) is 0 Å². The van der Waals surface area contributed by atoms with Crippen LogP contribution in [0.5, 0.6) is 0 Å². The third-order valence-corrected chi connectivity index (χ3v) is 2.24. The summed E-state index contributed by atoms with van der Waals surface area (Å²) in [5, 5.41) is 9.30. The van der Waals surface area contributed by atoms with Gasteiger partial charge >= 0.3 is 13.3 Å². The quantitative estimate of drug-likeness (QED) is 0.466. The van der Waals surface area contributed by atoms with E-state index < -0.39 is 19.4 Å². The summed E-state index contributed by atoms with van der Waals surface area (Å²) in [6.07, 6.45) is 0.808. The van der Waals surface area contributed by atoms with E-state index in [2.05, 4.69) is 4.98 Å². The van der Waals surface area contributed by atoms with E-state index in [4.69, 9.17) is 20.4 Å². The van der Waals surface area contributed by atoms with Crippen molar-refractivity contribution in [2.45, 2.75) is 6.10 Å². The van der Waals surface area contributed by atoms with Crippen LogP contribution >= 0.6 is 7.60 Å². The number of aromatic nitrogens is 2. The fourth-order valence-electron chi connectivity index (χ4n) is 0.927. The first-order chi connectivity index (χ1) is 8.28. The molecule has 0 aliphatic rings. The van der Waals surface area contributed by atoms with Gasteiger partial charge in [-0.1, -0.05) is 0 Å². The second-order valence-corrected chi connectivity index (χ2v) is 4.73. The Kier molecular flexibility index (Phi) is 4.62. The zero-order valence-corrected chi connectivity index (χ0v) is 9.97. The van der Waals surface area contributed by atoms with Crippen molar-refractivity contribution in [3.63, 3.8) is 0 Å². The average molecular weight is 277 g/mol. The molecular formula is C8H12N3O6P. The molecule has 0 aromatic carbocycles. The van der Waals surface area contributed by atoms with Gasteiger partial charge in [-0.25, -0.2) is 4.79 Å². The molecule has 0 fully saturated rings. The van der Waals surface area contributed by atoms with Crippen molar-refractivity contribution >= 4 is 13.4 Å². The Morgan fingerprint density at radius 1 is 1.61 bits per heavy atom. The molecule has 0 radical (unpaired) electrons. The van der Waals surface area contributed by atoms with E-state index in [9.17, 15) is 14.5 Å². The van der Waals surface area contributed by atoms with Crippen molar-refractivity contribution in [1.82, 2.24) is 9.71 Å². The minimum atomic E-state index is -4.32. The molecule has 100 valence electrons. The fraction of sp³-hybridized carbons (Fsp3) is 0.250. The highest BCUT2D eigenvalue weighted by Crippen LogP contribution is 2.35. The number of nitrogens with two attached hydrogens (primary N) is 1. The van der Waals surface area contributed by atoms with E-state index >= 15 is 0 Å². The Bertz CT molecular complexity index is 536. The van der Waals surface area contributed by atoms with Crippen LogP contribution in [-0.2, 0) is 4.57 Å². The number of hydrogen-bond acceptors (Lipinski definition) is 6. The van der Waals surface area contributed by atoms with E-state index in [1.807, 2.05) is 0 Å². The van der Waals surface area contributed by atoms with Crippen LogP contribution in [0.2, 0.25) is 0 Å². The van der Waals surface area contributed by atoms with Gasteiger partial charge in [0.15, 0.2) is 0 Å². The highest BCUT2D eigenvalue weighted by molar-refractivity contribution is 7.55. The van der Waals surface area contributed by atoms with E-state index in [0.717, 1.165) is 10.8 Å². The maximum Gasteiger partial charge on any atom is 0.382 e. The van der Waals surface area contributed by atoms with Crippen LogP contribution in [0.4, 0.5) is 5.82 Å². The molecule has 0 spiro atoms. The Morgan fingerprint density at radius 3 is 2.83 bits per heavy atom. The summed E-state index contributed by atoms with van der Waals surface area (Å²) in [5.41, 5.74) is 4.49. The van der Waals surface area contributed by atoms with Gasteiger partial charge in [0.2, 0.25) is 0 Å². The summed E-state index contributed by atoms with van der Waals surface area (Å²) >= 11 is 0. The Hall–Kier alpha value is -1.67. The lowest BCUT2D eigenvalue weighted by molar-refractivity contribution is 0.0399. The van der Waals surface area contributed by atoms with Crippen LogP contribution in [-0.4, -0.2) is 37.3 Å². The summed E-state index contributed by atoms with van der Waals surface area (Å²) in [7, 11) is -4.32. The van der Waals surface area contributed by atoms with Crippen LogP contribution in [0, 0.1) is 0 Å². The maximum atomic E-state index is 11.2. The van der Waals surface area contributed by atoms with Gasteiger partial charge < -0.3 is 25.5 Å². The molecule has 10 heteroatoms. The molecule has 1 aromatic rings. The Morgan fingerprint density at radius 2 is 2.28 bits per heavy atom. The first-order valence-corrected chi connectivity index (χ1v) is 6.37. The van der Waals surface area contributed by atoms with Crippen molar-refractivity contribution in [2.75, 3.05) is 12.3 Å². The molecule has 0 saturated heterocycles. The smallest absolute Gasteiger partial charge is 0.382 e. The third kappa shape index (κ3) is 5.11. The lowest BCUT2D eigenvalue weighted by Crippen LogP contribution is -2.32. The van der Waals surface area contributed by atoms with Gasteiger partial charge in [-0.3, -0.25) is 4.57 Å². The summed E-state index contributed by atoms with van der Waals surface area (Å²) in [5.74, 6) is 0.576. The highest BCUT2D eigenvalue weighted by atomic mass is 31.2. The molecule has 18 heavy (non-hydrogen) atoms. The number of rotatable bonds is 5. The van der Waals surface area contributed by atoms with Crippen molar-refractivity contribution in [3.05, 3.63) is 34.6 Å². The summed E-state index contributed by atoms with van der Waals surface area (Å²) in [6, 6.07) is 1.32. The third-order valence-electron chi connectivity index (χ3n) is 1.68. The van der Waals surface area contributed by atoms with Gasteiger partial charge in [-0.05, 0) is 6.08 Å². The molecule has 0 aliphatic heterocycles. The SMILES string of the molecule is Nc1ccn(OCC(O)C=CP(=O)(O)O)c(=O)n1. The second-order valence-electron chi connectivity index (χ2n) is 3.25. The van der Waals surface area contributed by atoms with Crippen molar-refractivity contribution in [3.8, 4) is 0 Å². The summed E-state index contributed by atoms with van der Waals surface area (Å²) in [4.78, 5) is 36.5. The monoisotopic (exact) mass is 277 g/mol. The maximum absolute atomic E-state index is 11.2. The van der Waals surface area contributed by atoms with Gasteiger partial charge in [-0.15, -0.1) is 4.73 Å². The molecule has 5 N–H and O–H groups in total. The molecule has 0 aliphatic carbocycles. The standard InChI is InChI=1S/C8H12N3O6P/c9-7-1-3-11(8(13)10-7)17-5-6(12)2-4-18(14,15)16/h1-4,6,12H,5H2,(H2,9,10,13)(H2,14,15,16). The number of nitrogen functional groups attached to an aromatic ring is 1. The highest BCUT2D eigenvalue weighted by Gasteiger charge is 2.09. The molecule has 1 atom stereocenters. The van der Waals surface area contributed by atoms with E-state index in [1.54, 1.807) is 0 Å². The molecule has 1 heterocycles. The number of nitrogens with zero attached hydrogens (tertiary/aromatic N) is 2. The summed E-state index contributed by atoms with van der Waals surface area (Å²) < 4.78 is 11.2. The molecule has 0 bridgehead atoms. The number of aliphatic hydroxyl groups excluding tert-OH is 1. The van der Waals surface area contributed by atoms with Crippen LogP contribution < -0.4 is 16.3 Å². The number of aliphatic hydroxyl groups is 1. The molecule has 1 aromatic heterocycles. The number of hydrogen-bond donors (Lipinski definition) is 4. The number of anilines is 1. The Labute approximate surface area is 101 Å². The minimum Gasteiger partial charge on any atom is -0.406 e. The molecular weight excluding hydrogens is 265 g/mol. The van der Waals surface area contributed by atoms with Gasteiger partial charge in [0.05, 0.1) is 6.20 Å². The van der Waals surface area contributed by atoms with E-state index in [-0.39, 0.29) is 12.4 Å². The predicted octanol–water partition coefficient (Wildman–Crippen LogP) is -1.69.